The number of carboxylic acid groups (broad SMARTS) is 1. The fourth-order valence-electron chi connectivity index (χ4n) is 9.29. The zero-order valence-electron chi connectivity index (χ0n) is 46.9. The largest absolute Gasteiger partial charge is 0.479 e. The van der Waals surface area contributed by atoms with Gasteiger partial charge in [-0.3, -0.25) is 14.4 Å². The van der Waals surface area contributed by atoms with Crippen molar-refractivity contribution in [3.8, 4) is 0 Å². The first-order valence-electron chi connectivity index (χ1n) is 30.3. The molecule has 6 atom stereocenters. The molecule has 1 heterocycles. The molecule has 1 aliphatic heterocycles. The highest BCUT2D eigenvalue weighted by molar-refractivity contribution is 5.74. The molecule has 3 N–H and O–H groups in total. The van der Waals surface area contributed by atoms with Gasteiger partial charge in [-0.05, 0) is 64.2 Å². The van der Waals surface area contributed by atoms with Crippen LogP contribution in [0.2, 0.25) is 0 Å². The van der Waals surface area contributed by atoms with Gasteiger partial charge in [0.1, 0.15) is 18.8 Å². The van der Waals surface area contributed by atoms with E-state index in [2.05, 4.69) is 45.1 Å². The summed E-state index contributed by atoms with van der Waals surface area (Å²) in [4.78, 5) is 51.1. The van der Waals surface area contributed by atoms with Crippen LogP contribution < -0.4 is 0 Å². The molecule has 1 aliphatic rings. The van der Waals surface area contributed by atoms with Crippen LogP contribution in [-0.4, -0.2) is 89.2 Å². The summed E-state index contributed by atoms with van der Waals surface area (Å²) in [5, 5.41) is 31.5. The fourth-order valence-corrected chi connectivity index (χ4v) is 9.29. The Morgan fingerprint density at radius 2 is 0.795 bits per heavy atom. The van der Waals surface area contributed by atoms with Gasteiger partial charge in [-0.15, -0.1) is 0 Å². The predicted molar refractivity (Wildman–Crippen MR) is 294 cm³/mol. The average molecular weight is 1040 g/mol. The summed E-state index contributed by atoms with van der Waals surface area (Å²) in [7, 11) is 0. The average Bonchev–Trinajstić information content (AvgIpc) is 3.37. The molecule has 0 saturated carbocycles. The maximum absolute atomic E-state index is 13.1. The summed E-state index contributed by atoms with van der Waals surface area (Å²) in [6.07, 6.45) is 44.3. The number of aliphatic hydroxyl groups is 2. The second-order valence-corrected chi connectivity index (χ2v) is 21.0. The lowest BCUT2D eigenvalue weighted by Crippen LogP contribution is -2.61. The Hall–Kier alpha value is -2.80. The van der Waals surface area contributed by atoms with Gasteiger partial charge in [-0.1, -0.05) is 231 Å². The van der Waals surface area contributed by atoms with Crippen molar-refractivity contribution in [2.45, 2.75) is 327 Å². The molecule has 0 aromatic rings. The molecule has 0 aromatic carbocycles. The summed E-state index contributed by atoms with van der Waals surface area (Å²) in [6.45, 7) is 5.97. The first-order chi connectivity index (χ1) is 35.6. The van der Waals surface area contributed by atoms with Crippen LogP contribution in [0.25, 0.3) is 0 Å². The predicted octanol–water partition coefficient (Wildman–Crippen LogP) is 15.5. The fraction of sp³-hybridized carbons (Fsp3) is 0.869. The topological polar surface area (TPSA) is 175 Å². The normalized spacial score (nSPS) is 18.4. The number of carbonyl (C=O) groups excluding carboxylic acids is 3. The number of hydrogen-bond donors (Lipinski definition) is 3. The smallest absolute Gasteiger partial charge is 0.335 e. The van der Waals surface area contributed by atoms with Crippen molar-refractivity contribution >= 4 is 23.9 Å². The molecule has 1 rings (SSSR count). The van der Waals surface area contributed by atoms with E-state index >= 15 is 0 Å². The van der Waals surface area contributed by atoms with Crippen LogP contribution in [-0.2, 0) is 42.9 Å². The van der Waals surface area contributed by atoms with Gasteiger partial charge in [0.25, 0.3) is 0 Å². The molecule has 0 aliphatic carbocycles. The van der Waals surface area contributed by atoms with E-state index in [-0.39, 0.29) is 25.9 Å². The van der Waals surface area contributed by atoms with Crippen molar-refractivity contribution in [2.75, 3.05) is 13.2 Å². The number of allylic oxidation sites excluding steroid dienone is 4. The molecule has 6 unspecified atom stereocenters. The van der Waals surface area contributed by atoms with Gasteiger partial charge in [-0.2, -0.15) is 0 Å². The van der Waals surface area contributed by atoms with Gasteiger partial charge in [0, 0.05) is 19.3 Å². The lowest BCUT2D eigenvalue weighted by atomic mass is 9.98. The minimum absolute atomic E-state index is 0.0590. The molecule has 426 valence electrons. The van der Waals surface area contributed by atoms with E-state index in [0.29, 0.717) is 19.3 Å². The van der Waals surface area contributed by atoms with E-state index in [4.69, 9.17) is 23.7 Å². The van der Waals surface area contributed by atoms with Crippen LogP contribution >= 0.6 is 0 Å². The summed E-state index contributed by atoms with van der Waals surface area (Å²) in [5.74, 6) is -3.11. The number of hydrogen-bond acceptors (Lipinski definition) is 11. The zero-order chi connectivity index (χ0) is 53.3. The Balaban J connectivity index is 2.65. The standard InChI is InChI=1S/C61H110O12/c1-4-7-10-13-16-19-22-24-26-27-29-31-34-37-40-43-46-49-55(64)72-59-57(66)56(65)58(60(67)68)73-61(59)70-51-52(71-54(63)48-45-42-39-36-32-21-18-15-12-9-6-3)50-69-53(62)47-44-41-38-35-33-30-28-25-23-20-17-14-11-8-5-2/h15,18,24,26,52,56-59,61,65-66H,4-14,16-17,19-23,25,27-51H2,1-3H3,(H,67,68)/b18-15-,26-24-. The highest BCUT2D eigenvalue weighted by Crippen LogP contribution is 2.27. The molecule has 73 heavy (non-hydrogen) atoms. The van der Waals surface area contributed by atoms with Gasteiger partial charge in [0.05, 0.1) is 6.61 Å². The van der Waals surface area contributed by atoms with E-state index < -0.39 is 67.3 Å². The molecule has 1 saturated heterocycles. The minimum Gasteiger partial charge on any atom is -0.479 e. The summed E-state index contributed by atoms with van der Waals surface area (Å²) in [5.41, 5.74) is 0. The Labute approximate surface area is 445 Å². The molecule has 0 radical (unpaired) electrons. The lowest BCUT2D eigenvalue weighted by molar-refractivity contribution is -0.301. The Kier molecular flexibility index (Phi) is 46.8. The van der Waals surface area contributed by atoms with Crippen molar-refractivity contribution in [1.29, 1.82) is 0 Å². The molecule has 12 heteroatoms. The third-order valence-corrected chi connectivity index (χ3v) is 14.0. The molecule has 0 aromatic heterocycles. The zero-order valence-corrected chi connectivity index (χ0v) is 46.9. The summed E-state index contributed by atoms with van der Waals surface area (Å²) < 4.78 is 28.4. The lowest BCUT2D eigenvalue weighted by Gasteiger charge is -2.40. The summed E-state index contributed by atoms with van der Waals surface area (Å²) in [6, 6.07) is 0. The van der Waals surface area contributed by atoms with Crippen LogP contribution in [0.15, 0.2) is 24.3 Å². The number of aliphatic hydroxyl groups excluding tert-OH is 2. The maximum atomic E-state index is 13.1. The van der Waals surface area contributed by atoms with Gasteiger partial charge in [-0.25, -0.2) is 4.79 Å². The quantitative estimate of drug-likeness (QED) is 0.0228. The SMILES string of the molecule is CCCC/C=C\CCCCCCCC(=O)OC(COC(=O)CCCCCCCCCCCCCCCCC)COC1OC(C(=O)O)C(O)C(O)C1OC(=O)CCCCCCCCC/C=C\CCCCCCCC. The Morgan fingerprint density at radius 1 is 0.438 bits per heavy atom. The Morgan fingerprint density at radius 3 is 1.21 bits per heavy atom. The van der Waals surface area contributed by atoms with E-state index in [1.807, 2.05) is 0 Å². The summed E-state index contributed by atoms with van der Waals surface area (Å²) >= 11 is 0. The van der Waals surface area contributed by atoms with E-state index in [1.54, 1.807) is 0 Å². The second kappa shape index (κ2) is 50.0. The monoisotopic (exact) mass is 1030 g/mol. The molecule has 12 nitrogen and oxygen atoms in total. The number of esters is 3. The third-order valence-electron chi connectivity index (χ3n) is 14.0. The van der Waals surface area contributed by atoms with Gasteiger partial charge in [0.2, 0.25) is 0 Å². The van der Waals surface area contributed by atoms with E-state index in [9.17, 15) is 34.5 Å². The number of aliphatic carboxylic acids is 1. The van der Waals surface area contributed by atoms with Crippen molar-refractivity contribution in [1.82, 2.24) is 0 Å². The van der Waals surface area contributed by atoms with Gasteiger partial charge in [0.15, 0.2) is 24.6 Å². The van der Waals surface area contributed by atoms with E-state index in [1.165, 1.54) is 141 Å². The third kappa shape index (κ3) is 40.2. The molecule has 0 bridgehead atoms. The number of rotatable bonds is 52. The van der Waals surface area contributed by atoms with Crippen LogP contribution in [0.4, 0.5) is 0 Å². The number of carbonyl (C=O) groups is 4. The number of ether oxygens (including phenoxy) is 5. The molecule has 1 fully saturated rings. The number of unbranched alkanes of at least 4 members (excludes halogenated alkanes) is 34. The van der Waals surface area contributed by atoms with Crippen molar-refractivity contribution in [2.24, 2.45) is 0 Å². The highest BCUT2D eigenvalue weighted by atomic mass is 16.7. The van der Waals surface area contributed by atoms with Crippen LogP contribution in [0.3, 0.4) is 0 Å². The second-order valence-electron chi connectivity index (χ2n) is 21.0. The maximum Gasteiger partial charge on any atom is 0.335 e. The van der Waals surface area contributed by atoms with Gasteiger partial charge < -0.3 is 39.0 Å². The molecule has 0 amide bonds. The Bertz CT molecular complexity index is 1370. The first kappa shape index (κ1) is 68.2. The molecule has 0 spiro atoms. The minimum atomic E-state index is -1.90. The molecular formula is C61H110O12. The van der Waals surface area contributed by atoms with Gasteiger partial charge >= 0.3 is 23.9 Å². The first-order valence-corrected chi connectivity index (χ1v) is 30.3. The van der Waals surface area contributed by atoms with Crippen LogP contribution in [0.5, 0.6) is 0 Å². The van der Waals surface area contributed by atoms with Crippen LogP contribution in [0, 0.1) is 0 Å². The van der Waals surface area contributed by atoms with Crippen molar-refractivity contribution in [3.05, 3.63) is 24.3 Å². The molecular weight excluding hydrogens is 925 g/mol. The van der Waals surface area contributed by atoms with Crippen molar-refractivity contribution < 1.29 is 58.2 Å². The van der Waals surface area contributed by atoms with Crippen LogP contribution in [0.1, 0.15) is 290 Å². The van der Waals surface area contributed by atoms with Crippen molar-refractivity contribution in [3.63, 3.8) is 0 Å². The van der Waals surface area contributed by atoms with E-state index in [0.717, 1.165) is 89.9 Å². The highest BCUT2D eigenvalue weighted by Gasteiger charge is 2.50. The number of carboxylic acids is 1.